The molecule has 132 valence electrons. The molecule has 1 fully saturated rings. The summed E-state index contributed by atoms with van der Waals surface area (Å²) in [5, 5.41) is 4.88. The van der Waals surface area contributed by atoms with E-state index in [9.17, 15) is 9.59 Å². The Morgan fingerprint density at radius 1 is 1.08 bits per heavy atom. The molecule has 5 nitrogen and oxygen atoms in total. The lowest BCUT2D eigenvalue weighted by Gasteiger charge is -2.30. The molecule has 1 aliphatic rings. The number of ketones is 1. The fourth-order valence-corrected chi connectivity index (χ4v) is 3.54. The van der Waals surface area contributed by atoms with Crippen molar-refractivity contribution >= 4 is 34.4 Å². The maximum absolute atomic E-state index is 12.3. The van der Waals surface area contributed by atoms with E-state index < -0.39 is 0 Å². The topological polar surface area (TPSA) is 58.6 Å². The van der Waals surface area contributed by atoms with Crippen molar-refractivity contribution in [2.24, 2.45) is 0 Å². The quantitative estimate of drug-likeness (QED) is 0.769. The van der Waals surface area contributed by atoms with Gasteiger partial charge >= 0.3 is 0 Å². The van der Waals surface area contributed by atoms with Crippen molar-refractivity contribution in [3.8, 4) is 0 Å². The number of hydrogen-bond donors (Lipinski definition) is 1. The van der Waals surface area contributed by atoms with Crippen molar-refractivity contribution in [2.75, 3.05) is 36.5 Å². The van der Waals surface area contributed by atoms with Gasteiger partial charge in [-0.3, -0.25) is 9.59 Å². The number of hydrogen-bond acceptors (Lipinski definition) is 5. The highest BCUT2D eigenvalue weighted by Crippen LogP contribution is 2.26. The molecule has 2 aromatic rings. The van der Waals surface area contributed by atoms with Crippen LogP contribution in [0.5, 0.6) is 0 Å². The highest BCUT2D eigenvalue weighted by atomic mass is 32.1. The summed E-state index contributed by atoms with van der Waals surface area (Å²) in [5.41, 5.74) is 1.84. The molecule has 6 heteroatoms. The Morgan fingerprint density at radius 2 is 1.88 bits per heavy atom. The Balaban J connectivity index is 1.52. The average Bonchev–Trinajstić information content (AvgIpc) is 3.18. The second-order valence-electron chi connectivity index (χ2n) is 5.92. The fraction of sp³-hybridized carbons (Fsp3) is 0.368. The summed E-state index contributed by atoms with van der Waals surface area (Å²) in [5.74, 6) is 0.0520. The van der Waals surface area contributed by atoms with Gasteiger partial charge in [-0.15, -0.1) is 11.3 Å². The number of benzene rings is 1. The summed E-state index contributed by atoms with van der Waals surface area (Å²) in [6.45, 7) is 3.05. The van der Waals surface area contributed by atoms with Gasteiger partial charge in [0.05, 0.1) is 29.5 Å². The van der Waals surface area contributed by atoms with Gasteiger partial charge < -0.3 is 15.0 Å². The van der Waals surface area contributed by atoms with E-state index in [0.29, 0.717) is 32.5 Å². The highest BCUT2D eigenvalue weighted by molar-refractivity contribution is 7.12. The summed E-state index contributed by atoms with van der Waals surface area (Å²) in [6, 6.07) is 11.5. The zero-order chi connectivity index (χ0) is 17.5. The number of nitrogens with zero attached hydrogens (tertiary/aromatic N) is 1. The van der Waals surface area contributed by atoms with Crippen LogP contribution in [0.4, 0.5) is 11.4 Å². The minimum Gasteiger partial charge on any atom is -0.378 e. The molecule has 1 saturated heterocycles. The van der Waals surface area contributed by atoms with Crippen LogP contribution in [0.15, 0.2) is 41.8 Å². The number of thiophene rings is 1. The number of rotatable bonds is 7. The third kappa shape index (κ3) is 4.90. The Morgan fingerprint density at radius 3 is 2.64 bits per heavy atom. The zero-order valence-electron chi connectivity index (χ0n) is 14.1. The molecule has 1 aromatic carbocycles. The largest absolute Gasteiger partial charge is 0.378 e. The lowest BCUT2D eigenvalue weighted by molar-refractivity contribution is -0.116. The van der Waals surface area contributed by atoms with E-state index >= 15 is 0 Å². The Kier molecular flexibility index (Phi) is 6.19. The highest BCUT2D eigenvalue weighted by Gasteiger charge is 2.16. The van der Waals surface area contributed by atoms with Crippen LogP contribution < -0.4 is 10.2 Å². The standard InChI is InChI=1S/C19H22N2O3S/c22-17(18-8-4-14-25-18)7-3-9-19(23)20-15-5-1-2-6-16(15)21-10-12-24-13-11-21/h1-2,4-6,8,14H,3,7,9-13H2,(H,20,23). The zero-order valence-corrected chi connectivity index (χ0v) is 14.9. The number of carbonyl (C=O) groups excluding carboxylic acids is 2. The number of ether oxygens (including phenoxy) is 1. The Bertz CT molecular complexity index is 709. The molecule has 1 aliphatic heterocycles. The fourth-order valence-electron chi connectivity index (χ4n) is 2.84. The summed E-state index contributed by atoms with van der Waals surface area (Å²) >= 11 is 1.44. The number of carbonyl (C=O) groups is 2. The van der Waals surface area contributed by atoms with Crippen LogP contribution in [0.1, 0.15) is 28.9 Å². The van der Waals surface area contributed by atoms with Gasteiger partial charge in [0.2, 0.25) is 5.91 Å². The first-order valence-corrected chi connectivity index (χ1v) is 9.40. The van der Waals surface area contributed by atoms with Gasteiger partial charge in [-0.1, -0.05) is 18.2 Å². The Labute approximate surface area is 151 Å². The molecule has 0 spiro atoms. The normalized spacial score (nSPS) is 14.3. The number of para-hydroxylation sites is 2. The molecule has 3 rings (SSSR count). The van der Waals surface area contributed by atoms with Crippen molar-refractivity contribution in [2.45, 2.75) is 19.3 Å². The molecule has 0 bridgehead atoms. The van der Waals surface area contributed by atoms with Crippen LogP contribution in [-0.2, 0) is 9.53 Å². The summed E-state index contributed by atoms with van der Waals surface area (Å²) in [4.78, 5) is 27.2. The van der Waals surface area contributed by atoms with Crippen LogP contribution in [0.3, 0.4) is 0 Å². The molecule has 0 aliphatic carbocycles. The van der Waals surface area contributed by atoms with Crippen LogP contribution in [0, 0.1) is 0 Å². The first-order chi connectivity index (χ1) is 12.2. The number of morpholine rings is 1. The number of amides is 1. The minimum atomic E-state index is -0.0558. The van der Waals surface area contributed by atoms with Gasteiger partial charge in [0.1, 0.15) is 0 Å². The molecule has 1 N–H and O–H groups in total. The molecule has 1 aromatic heterocycles. The summed E-state index contributed by atoms with van der Waals surface area (Å²) in [7, 11) is 0. The van der Waals surface area contributed by atoms with Gasteiger partial charge in [0, 0.05) is 25.9 Å². The third-order valence-electron chi connectivity index (χ3n) is 4.13. The lowest BCUT2D eigenvalue weighted by atomic mass is 10.1. The van der Waals surface area contributed by atoms with E-state index in [2.05, 4.69) is 10.2 Å². The number of Topliss-reactive ketones (excluding diaryl/α,β-unsaturated/α-hetero) is 1. The second kappa shape index (κ2) is 8.78. The SMILES string of the molecule is O=C(CCCC(=O)c1cccs1)Nc1ccccc1N1CCOCC1. The van der Waals surface area contributed by atoms with E-state index in [1.54, 1.807) is 0 Å². The van der Waals surface area contributed by atoms with Gasteiger partial charge in [-0.05, 0) is 30.0 Å². The predicted molar refractivity (Wildman–Crippen MR) is 101 cm³/mol. The van der Waals surface area contributed by atoms with E-state index in [-0.39, 0.29) is 11.7 Å². The van der Waals surface area contributed by atoms with Crippen LogP contribution in [-0.4, -0.2) is 38.0 Å². The average molecular weight is 358 g/mol. The molecule has 0 saturated carbocycles. The number of nitrogens with one attached hydrogen (secondary N) is 1. The maximum Gasteiger partial charge on any atom is 0.224 e. The molecular weight excluding hydrogens is 336 g/mol. The minimum absolute atomic E-state index is 0.0558. The smallest absolute Gasteiger partial charge is 0.224 e. The molecule has 0 atom stereocenters. The first kappa shape index (κ1) is 17.6. The molecule has 0 unspecified atom stereocenters. The summed E-state index contributed by atoms with van der Waals surface area (Å²) < 4.78 is 5.39. The van der Waals surface area contributed by atoms with Crippen LogP contribution >= 0.6 is 11.3 Å². The van der Waals surface area contributed by atoms with Gasteiger partial charge in [0.15, 0.2) is 5.78 Å². The maximum atomic E-state index is 12.3. The number of anilines is 2. The van der Waals surface area contributed by atoms with Crippen LogP contribution in [0.25, 0.3) is 0 Å². The molecule has 0 radical (unpaired) electrons. The summed E-state index contributed by atoms with van der Waals surface area (Å²) in [6.07, 6.45) is 1.30. The molecule has 25 heavy (non-hydrogen) atoms. The van der Waals surface area contributed by atoms with Crippen LogP contribution in [0.2, 0.25) is 0 Å². The molecular formula is C19H22N2O3S. The van der Waals surface area contributed by atoms with Crippen molar-refractivity contribution in [3.05, 3.63) is 46.7 Å². The van der Waals surface area contributed by atoms with Gasteiger partial charge in [-0.25, -0.2) is 0 Å². The Hall–Kier alpha value is -2.18. The van der Waals surface area contributed by atoms with Gasteiger partial charge in [0.25, 0.3) is 0 Å². The van der Waals surface area contributed by atoms with E-state index in [1.807, 2.05) is 41.8 Å². The second-order valence-corrected chi connectivity index (χ2v) is 6.87. The van der Waals surface area contributed by atoms with Crippen molar-refractivity contribution in [1.29, 1.82) is 0 Å². The first-order valence-electron chi connectivity index (χ1n) is 8.52. The van der Waals surface area contributed by atoms with E-state index in [4.69, 9.17) is 4.74 Å². The third-order valence-corrected chi connectivity index (χ3v) is 5.04. The lowest BCUT2D eigenvalue weighted by Crippen LogP contribution is -2.36. The predicted octanol–water partition coefficient (Wildman–Crippen LogP) is 3.58. The van der Waals surface area contributed by atoms with Crippen molar-refractivity contribution in [3.63, 3.8) is 0 Å². The molecule has 1 amide bonds. The van der Waals surface area contributed by atoms with Crippen molar-refractivity contribution in [1.82, 2.24) is 0 Å². The van der Waals surface area contributed by atoms with E-state index in [0.717, 1.165) is 29.3 Å². The van der Waals surface area contributed by atoms with E-state index in [1.165, 1.54) is 11.3 Å². The van der Waals surface area contributed by atoms with Crippen molar-refractivity contribution < 1.29 is 14.3 Å². The van der Waals surface area contributed by atoms with Gasteiger partial charge in [-0.2, -0.15) is 0 Å². The monoisotopic (exact) mass is 358 g/mol. The molecule has 2 heterocycles.